The van der Waals surface area contributed by atoms with Gasteiger partial charge in [0.15, 0.2) is 11.0 Å². The summed E-state index contributed by atoms with van der Waals surface area (Å²) in [6.07, 6.45) is 3.63. The van der Waals surface area contributed by atoms with E-state index in [4.69, 9.17) is 4.42 Å². The molecule has 1 aromatic carbocycles. The molecule has 0 saturated carbocycles. The Morgan fingerprint density at radius 3 is 2.88 bits per heavy atom. The first kappa shape index (κ1) is 17.6. The van der Waals surface area contributed by atoms with Gasteiger partial charge in [0.25, 0.3) is 0 Å². The van der Waals surface area contributed by atoms with Gasteiger partial charge in [-0.2, -0.15) is 0 Å². The molecule has 25 heavy (non-hydrogen) atoms. The zero-order chi connectivity index (χ0) is 17.8. The highest BCUT2D eigenvalue weighted by Crippen LogP contribution is 2.26. The molecule has 0 unspecified atom stereocenters. The fourth-order valence-electron chi connectivity index (χ4n) is 2.32. The van der Waals surface area contributed by atoms with Crippen molar-refractivity contribution in [1.82, 2.24) is 14.8 Å². The van der Waals surface area contributed by atoms with Crippen LogP contribution in [0.2, 0.25) is 0 Å². The number of amides is 1. The van der Waals surface area contributed by atoms with Gasteiger partial charge in [0, 0.05) is 17.6 Å². The van der Waals surface area contributed by atoms with Gasteiger partial charge in [-0.15, -0.1) is 22.0 Å². The van der Waals surface area contributed by atoms with Crippen molar-refractivity contribution in [2.24, 2.45) is 7.05 Å². The van der Waals surface area contributed by atoms with Gasteiger partial charge >= 0.3 is 0 Å². The van der Waals surface area contributed by atoms with E-state index in [0.29, 0.717) is 5.16 Å². The monoisotopic (exact) mass is 374 g/mol. The molecule has 0 atom stereocenters. The number of furan rings is 1. The Labute approximate surface area is 154 Å². The molecule has 0 aliphatic rings. The van der Waals surface area contributed by atoms with Crippen LogP contribution in [0.4, 0.5) is 5.69 Å². The molecule has 6 nitrogen and oxygen atoms in total. The summed E-state index contributed by atoms with van der Waals surface area (Å²) in [6, 6.07) is 9.63. The number of hydrogen-bond donors (Lipinski definition) is 1. The molecule has 0 radical (unpaired) electrons. The highest BCUT2D eigenvalue weighted by molar-refractivity contribution is 7.99. The molecule has 0 bridgehead atoms. The molecule has 2 heterocycles. The Kier molecular flexibility index (Phi) is 5.50. The maximum absolute atomic E-state index is 12.2. The van der Waals surface area contributed by atoms with E-state index in [9.17, 15) is 4.79 Å². The first-order valence-corrected chi connectivity index (χ1v) is 9.80. The van der Waals surface area contributed by atoms with Crippen LogP contribution in [0.3, 0.4) is 0 Å². The maximum atomic E-state index is 12.2. The third-order valence-corrected chi connectivity index (χ3v) is 5.37. The molecule has 1 amide bonds. The summed E-state index contributed by atoms with van der Waals surface area (Å²) in [6.45, 7) is 1.88. The Hall–Kier alpha value is -2.19. The second kappa shape index (κ2) is 7.79. The summed E-state index contributed by atoms with van der Waals surface area (Å²) in [4.78, 5) is 13.3. The lowest BCUT2D eigenvalue weighted by Gasteiger charge is -2.06. The fraction of sp³-hybridized carbons (Fsp3) is 0.235. The number of rotatable bonds is 6. The van der Waals surface area contributed by atoms with E-state index in [2.05, 4.69) is 15.5 Å². The smallest absolute Gasteiger partial charge is 0.234 e. The highest BCUT2D eigenvalue weighted by Gasteiger charge is 2.15. The van der Waals surface area contributed by atoms with Gasteiger partial charge in [-0.1, -0.05) is 17.8 Å². The highest BCUT2D eigenvalue weighted by atomic mass is 32.2. The van der Waals surface area contributed by atoms with Gasteiger partial charge < -0.3 is 14.3 Å². The maximum Gasteiger partial charge on any atom is 0.234 e. The minimum absolute atomic E-state index is 0.0766. The van der Waals surface area contributed by atoms with Crippen LogP contribution in [0.5, 0.6) is 0 Å². The topological polar surface area (TPSA) is 73.0 Å². The summed E-state index contributed by atoms with van der Waals surface area (Å²) in [5.74, 6) is 1.70. The van der Waals surface area contributed by atoms with Crippen molar-refractivity contribution in [2.75, 3.05) is 17.3 Å². The van der Waals surface area contributed by atoms with Crippen LogP contribution in [-0.2, 0) is 11.8 Å². The summed E-state index contributed by atoms with van der Waals surface area (Å²) in [5.41, 5.74) is 1.70. The van der Waals surface area contributed by atoms with Crippen molar-refractivity contribution < 1.29 is 9.21 Å². The van der Waals surface area contributed by atoms with Crippen LogP contribution in [0.1, 0.15) is 5.76 Å². The third kappa shape index (κ3) is 4.08. The molecule has 3 aromatic rings. The van der Waals surface area contributed by atoms with Crippen molar-refractivity contribution >= 4 is 35.1 Å². The number of benzene rings is 1. The van der Waals surface area contributed by atoms with Crippen molar-refractivity contribution in [3.05, 3.63) is 42.4 Å². The molecule has 0 fully saturated rings. The number of anilines is 1. The number of nitrogens with zero attached hydrogens (tertiary/aromatic N) is 3. The van der Waals surface area contributed by atoms with E-state index < -0.39 is 0 Å². The van der Waals surface area contributed by atoms with Crippen LogP contribution in [-0.4, -0.2) is 32.7 Å². The lowest BCUT2D eigenvalue weighted by atomic mass is 10.2. The largest absolute Gasteiger partial charge is 0.469 e. The minimum Gasteiger partial charge on any atom is -0.469 e. The second-order valence-corrected chi connectivity index (χ2v) is 7.15. The van der Waals surface area contributed by atoms with Crippen molar-refractivity contribution in [1.29, 1.82) is 0 Å². The van der Waals surface area contributed by atoms with E-state index in [1.165, 1.54) is 11.8 Å². The number of carbonyl (C=O) groups excluding carboxylic acids is 1. The number of nitrogens with one attached hydrogen (secondary N) is 1. The van der Waals surface area contributed by atoms with Crippen LogP contribution in [0.25, 0.3) is 11.4 Å². The molecule has 2 aromatic heterocycles. The summed E-state index contributed by atoms with van der Waals surface area (Å²) in [7, 11) is 1.88. The van der Waals surface area contributed by atoms with E-state index in [1.807, 2.05) is 55.1 Å². The van der Waals surface area contributed by atoms with E-state index >= 15 is 0 Å². The average Bonchev–Trinajstić information content (AvgIpc) is 3.18. The molecule has 0 saturated heterocycles. The van der Waals surface area contributed by atoms with Crippen LogP contribution >= 0.6 is 23.5 Å². The Balaban J connectivity index is 1.63. The predicted octanol–water partition coefficient (Wildman–Crippen LogP) is 3.84. The zero-order valence-electron chi connectivity index (χ0n) is 14.1. The number of carbonyl (C=O) groups is 1. The summed E-state index contributed by atoms with van der Waals surface area (Å²) in [5, 5.41) is 12.0. The average molecular weight is 374 g/mol. The zero-order valence-corrected chi connectivity index (χ0v) is 15.8. The Morgan fingerprint density at radius 2 is 2.16 bits per heavy atom. The Morgan fingerprint density at radius 1 is 1.32 bits per heavy atom. The van der Waals surface area contributed by atoms with Crippen LogP contribution in [0.15, 0.2) is 51.1 Å². The molecular formula is C17H18N4O2S2. The van der Waals surface area contributed by atoms with Gasteiger partial charge in [-0.3, -0.25) is 4.79 Å². The SMILES string of the molecule is CSc1cccc(NC(=O)CSc2nnc(-c3ccoc3C)n2C)c1. The van der Waals surface area contributed by atoms with Crippen molar-refractivity contribution in [3.63, 3.8) is 0 Å². The lowest BCUT2D eigenvalue weighted by Crippen LogP contribution is -2.14. The number of thioether (sulfide) groups is 2. The van der Waals surface area contributed by atoms with Gasteiger partial charge in [0.05, 0.1) is 17.6 Å². The Bertz CT molecular complexity index is 888. The van der Waals surface area contributed by atoms with Gasteiger partial charge in [0.1, 0.15) is 5.76 Å². The van der Waals surface area contributed by atoms with Crippen LogP contribution < -0.4 is 5.32 Å². The lowest BCUT2D eigenvalue weighted by molar-refractivity contribution is -0.113. The third-order valence-electron chi connectivity index (χ3n) is 3.62. The molecule has 1 N–H and O–H groups in total. The number of aromatic nitrogens is 3. The molecule has 0 aliphatic heterocycles. The van der Waals surface area contributed by atoms with Gasteiger partial charge in [0.2, 0.25) is 5.91 Å². The van der Waals surface area contributed by atoms with Gasteiger partial charge in [-0.25, -0.2) is 0 Å². The predicted molar refractivity (Wildman–Crippen MR) is 101 cm³/mol. The van der Waals surface area contributed by atoms with E-state index in [0.717, 1.165) is 27.7 Å². The van der Waals surface area contributed by atoms with Gasteiger partial charge in [-0.05, 0) is 37.4 Å². The van der Waals surface area contributed by atoms with Crippen molar-refractivity contribution in [3.8, 4) is 11.4 Å². The van der Waals surface area contributed by atoms with Crippen molar-refractivity contribution in [2.45, 2.75) is 17.0 Å². The molecule has 0 aliphatic carbocycles. The summed E-state index contributed by atoms with van der Waals surface area (Å²) >= 11 is 2.99. The van der Waals surface area contributed by atoms with E-state index in [-0.39, 0.29) is 11.7 Å². The standard InChI is InChI=1S/C17H18N4O2S2/c1-11-14(7-8-23-11)16-19-20-17(21(16)2)25-10-15(22)18-12-5-4-6-13(9-12)24-3/h4-9H,10H2,1-3H3,(H,18,22). The molecular weight excluding hydrogens is 356 g/mol. The number of hydrogen-bond acceptors (Lipinski definition) is 6. The molecule has 8 heteroatoms. The first-order valence-electron chi connectivity index (χ1n) is 7.59. The van der Waals surface area contributed by atoms with Crippen LogP contribution in [0, 0.1) is 6.92 Å². The summed E-state index contributed by atoms with van der Waals surface area (Å²) < 4.78 is 7.18. The second-order valence-electron chi connectivity index (χ2n) is 5.32. The molecule has 130 valence electrons. The van der Waals surface area contributed by atoms with E-state index in [1.54, 1.807) is 18.0 Å². The molecule has 3 rings (SSSR count). The quantitative estimate of drug-likeness (QED) is 0.661. The number of aryl methyl sites for hydroxylation is 1. The molecule has 0 spiro atoms. The normalized spacial score (nSPS) is 10.8. The first-order chi connectivity index (χ1) is 12.1. The minimum atomic E-state index is -0.0766. The fourth-order valence-corrected chi connectivity index (χ4v) is 3.49.